The van der Waals surface area contributed by atoms with Crippen LogP contribution in [-0.2, 0) is 7.05 Å². The molecular weight excluding hydrogens is 306 g/mol. The molecule has 0 aliphatic heterocycles. The summed E-state index contributed by atoms with van der Waals surface area (Å²) in [6.45, 7) is 6.19. The maximum atomic E-state index is 12.4. The van der Waals surface area contributed by atoms with Crippen LogP contribution < -0.4 is 5.32 Å². The molecule has 0 radical (unpaired) electrons. The summed E-state index contributed by atoms with van der Waals surface area (Å²) < 4.78 is 1.28. The van der Waals surface area contributed by atoms with E-state index in [1.165, 1.54) is 16.4 Å². The second-order valence-corrected chi connectivity index (χ2v) is 6.01. The Morgan fingerprint density at radius 1 is 1.21 bits per heavy atom. The van der Waals surface area contributed by atoms with Gasteiger partial charge < -0.3 is 10.4 Å². The minimum absolute atomic E-state index is 0.0468. The average molecular weight is 329 g/mol. The third kappa shape index (κ3) is 3.64. The lowest BCUT2D eigenvalue weighted by molar-refractivity contribution is 0.0690. The molecule has 2 rings (SSSR count). The summed E-state index contributed by atoms with van der Waals surface area (Å²) in [6.07, 6.45) is 2.26. The van der Waals surface area contributed by atoms with Gasteiger partial charge in [0, 0.05) is 7.05 Å². The molecule has 2 N–H and O–H groups in total. The van der Waals surface area contributed by atoms with Crippen LogP contribution in [0.25, 0.3) is 0 Å². The molecule has 0 bridgehead atoms. The Morgan fingerprint density at radius 2 is 1.79 bits per heavy atom. The number of carbonyl (C=O) groups is 2. The van der Waals surface area contributed by atoms with E-state index in [4.69, 9.17) is 5.11 Å². The van der Waals surface area contributed by atoms with E-state index in [0.29, 0.717) is 5.92 Å². The molecule has 0 saturated heterocycles. The summed E-state index contributed by atoms with van der Waals surface area (Å²) in [4.78, 5) is 23.6. The summed E-state index contributed by atoms with van der Waals surface area (Å²) >= 11 is 0. The van der Waals surface area contributed by atoms with Gasteiger partial charge in [-0.3, -0.25) is 9.48 Å². The SMILES string of the molecule is CCC(C)c1ccc(C(C)NC(=O)c2c(C(=O)O)cnn2C)cc1. The molecule has 128 valence electrons. The van der Waals surface area contributed by atoms with Gasteiger partial charge in [-0.05, 0) is 30.4 Å². The lowest BCUT2D eigenvalue weighted by Crippen LogP contribution is -2.29. The molecular formula is C18H23N3O3. The van der Waals surface area contributed by atoms with E-state index in [0.717, 1.165) is 12.0 Å². The van der Waals surface area contributed by atoms with Crippen molar-refractivity contribution in [3.63, 3.8) is 0 Å². The van der Waals surface area contributed by atoms with Crippen molar-refractivity contribution in [1.82, 2.24) is 15.1 Å². The molecule has 1 heterocycles. The molecule has 2 unspecified atom stereocenters. The first-order valence-corrected chi connectivity index (χ1v) is 8.01. The molecule has 0 aliphatic carbocycles. The van der Waals surface area contributed by atoms with Gasteiger partial charge in [-0.25, -0.2) is 4.79 Å². The fraction of sp³-hybridized carbons (Fsp3) is 0.389. The van der Waals surface area contributed by atoms with Crippen molar-refractivity contribution in [2.75, 3.05) is 0 Å². The highest BCUT2D eigenvalue weighted by Gasteiger charge is 2.23. The quantitative estimate of drug-likeness (QED) is 0.853. The summed E-state index contributed by atoms with van der Waals surface area (Å²) in [5.74, 6) is -1.12. The number of aromatic carboxylic acids is 1. The standard InChI is InChI=1S/C18H23N3O3/c1-5-11(2)13-6-8-14(9-7-13)12(3)20-17(22)16-15(18(23)24)10-19-21(16)4/h6-12H,5H2,1-4H3,(H,20,22)(H,23,24). The van der Waals surface area contributed by atoms with E-state index in [2.05, 4.69) is 36.4 Å². The highest BCUT2D eigenvalue weighted by Crippen LogP contribution is 2.21. The molecule has 0 saturated carbocycles. The first-order valence-electron chi connectivity index (χ1n) is 8.01. The molecule has 1 aromatic heterocycles. The van der Waals surface area contributed by atoms with Crippen LogP contribution >= 0.6 is 0 Å². The largest absolute Gasteiger partial charge is 0.478 e. The van der Waals surface area contributed by atoms with Gasteiger partial charge in [0.2, 0.25) is 0 Å². The molecule has 0 spiro atoms. The van der Waals surface area contributed by atoms with Gasteiger partial charge in [0.25, 0.3) is 5.91 Å². The molecule has 1 aromatic carbocycles. The van der Waals surface area contributed by atoms with Crippen molar-refractivity contribution in [2.24, 2.45) is 7.05 Å². The number of amides is 1. The highest BCUT2D eigenvalue weighted by atomic mass is 16.4. The van der Waals surface area contributed by atoms with E-state index in [9.17, 15) is 9.59 Å². The van der Waals surface area contributed by atoms with Gasteiger partial charge in [-0.1, -0.05) is 38.1 Å². The predicted molar refractivity (Wildman–Crippen MR) is 91.2 cm³/mol. The fourth-order valence-electron chi connectivity index (χ4n) is 2.56. The van der Waals surface area contributed by atoms with Gasteiger partial charge in [-0.15, -0.1) is 0 Å². The third-order valence-electron chi connectivity index (χ3n) is 4.35. The number of carbonyl (C=O) groups excluding carboxylic acids is 1. The Bertz CT molecular complexity index is 734. The van der Waals surface area contributed by atoms with E-state index in [1.54, 1.807) is 7.05 Å². The first kappa shape index (κ1) is 17.7. The normalized spacial score (nSPS) is 13.3. The fourth-order valence-corrected chi connectivity index (χ4v) is 2.56. The topological polar surface area (TPSA) is 84.2 Å². The van der Waals surface area contributed by atoms with Crippen molar-refractivity contribution in [2.45, 2.75) is 39.2 Å². The van der Waals surface area contributed by atoms with Crippen molar-refractivity contribution >= 4 is 11.9 Å². The molecule has 6 heteroatoms. The Morgan fingerprint density at radius 3 is 2.33 bits per heavy atom. The Balaban J connectivity index is 2.15. The summed E-state index contributed by atoms with van der Waals surface area (Å²) in [6, 6.07) is 7.89. The van der Waals surface area contributed by atoms with E-state index < -0.39 is 11.9 Å². The third-order valence-corrected chi connectivity index (χ3v) is 4.35. The molecule has 24 heavy (non-hydrogen) atoms. The van der Waals surface area contributed by atoms with Crippen molar-refractivity contribution in [1.29, 1.82) is 0 Å². The maximum absolute atomic E-state index is 12.4. The second kappa shape index (κ2) is 7.29. The monoisotopic (exact) mass is 329 g/mol. The highest BCUT2D eigenvalue weighted by molar-refractivity contribution is 6.03. The van der Waals surface area contributed by atoms with Gasteiger partial charge in [-0.2, -0.15) is 5.10 Å². The molecule has 6 nitrogen and oxygen atoms in total. The zero-order valence-corrected chi connectivity index (χ0v) is 14.4. The minimum Gasteiger partial charge on any atom is -0.478 e. The first-order chi connectivity index (χ1) is 11.3. The van der Waals surface area contributed by atoms with Crippen molar-refractivity contribution in [3.05, 3.63) is 52.8 Å². The summed E-state index contributed by atoms with van der Waals surface area (Å²) in [5, 5.41) is 15.8. The van der Waals surface area contributed by atoms with E-state index >= 15 is 0 Å². The zero-order chi connectivity index (χ0) is 17.9. The number of aryl methyl sites for hydroxylation is 1. The van der Waals surface area contributed by atoms with Crippen LogP contribution in [-0.4, -0.2) is 26.8 Å². The Labute approximate surface area is 141 Å². The van der Waals surface area contributed by atoms with E-state index in [1.807, 2.05) is 19.1 Å². The maximum Gasteiger partial charge on any atom is 0.339 e. The van der Waals surface area contributed by atoms with Crippen LogP contribution in [0.2, 0.25) is 0 Å². The van der Waals surface area contributed by atoms with Crippen LogP contribution in [0.4, 0.5) is 0 Å². The molecule has 1 amide bonds. The van der Waals surface area contributed by atoms with Crippen LogP contribution in [0, 0.1) is 0 Å². The number of benzene rings is 1. The number of hydrogen-bond acceptors (Lipinski definition) is 3. The van der Waals surface area contributed by atoms with Gasteiger partial charge in [0.05, 0.1) is 12.2 Å². The average Bonchev–Trinajstić information content (AvgIpc) is 2.96. The van der Waals surface area contributed by atoms with Crippen LogP contribution in [0.15, 0.2) is 30.5 Å². The minimum atomic E-state index is -1.17. The second-order valence-electron chi connectivity index (χ2n) is 6.01. The van der Waals surface area contributed by atoms with Gasteiger partial charge in [0.15, 0.2) is 0 Å². The van der Waals surface area contributed by atoms with Gasteiger partial charge >= 0.3 is 5.97 Å². The zero-order valence-electron chi connectivity index (χ0n) is 14.4. The molecule has 0 fully saturated rings. The number of aromatic nitrogens is 2. The number of carboxylic acid groups (broad SMARTS) is 1. The molecule has 2 aromatic rings. The predicted octanol–water partition coefficient (Wildman–Crippen LogP) is 3.12. The number of carboxylic acids is 1. The van der Waals surface area contributed by atoms with Crippen LogP contribution in [0.5, 0.6) is 0 Å². The molecule has 2 atom stereocenters. The lowest BCUT2D eigenvalue weighted by atomic mass is 9.96. The lowest BCUT2D eigenvalue weighted by Gasteiger charge is -2.16. The van der Waals surface area contributed by atoms with Crippen molar-refractivity contribution in [3.8, 4) is 0 Å². The van der Waals surface area contributed by atoms with E-state index in [-0.39, 0.29) is 17.3 Å². The smallest absolute Gasteiger partial charge is 0.339 e. The number of nitrogens with one attached hydrogen (secondary N) is 1. The van der Waals surface area contributed by atoms with Crippen LogP contribution in [0.1, 0.15) is 71.1 Å². The van der Waals surface area contributed by atoms with Crippen molar-refractivity contribution < 1.29 is 14.7 Å². The van der Waals surface area contributed by atoms with Gasteiger partial charge in [0.1, 0.15) is 11.3 Å². The van der Waals surface area contributed by atoms with Crippen LogP contribution in [0.3, 0.4) is 0 Å². The summed E-state index contributed by atoms with van der Waals surface area (Å²) in [7, 11) is 1.55. The number of rotatable bonds is 6. The Hall–Kier alpha value is -2.63. The number of hydrogen-bond donors (Lipinski definition) is 2. The molecule has 0 aliphatic rings. The number of nitrogens with zero attached hydrogens (tertiary/aromatic N) is 2. The summed E-state index contributed by atoms with van der Waals surface area (Å²) in [5.41, 5.74) is 2.17. The Kier molecular flexibility index (Phi) is 5.39.